The molecule has 4 heterocycles. The number of hydrogen-bond acceptors (Lipinski definition) is 2. The number of aromatic amines is 1. The van der Waals surface area contributed by atoms with E-state index in [9.17, 15) is 0 Å². The first-order chi connectivity index (χ1) is 29.7. The fourth-order valence-electron chi connectivity index (χ4n) is 8.33. The lowest BCUT2D eigenvalue weighted by Gasteiger charge is -2.14. The smallest absolute Gasteiger partial charge is 0.0802 e. The number of benzene rings is 7. The highest BCUT2D eigenvalue weighted by atomic mass is 15.0. The summed E-state index contributed by atoms with van der Waals surface area (Å²) in [6.07, 6.45) is 7.44. The highest BCUT2D eigenvalue weighted by molar-refractivity contribution is 6.20. The summed E-state index contributed by atoms with van der Waals surface area (Å²) in [6.45, 7) is 7.39. The van der Waals surface area contributed by atoms with E-state index in [0.29, 0.717) is 0 Å². The van der Waals surface area contributed by atoms with Gasteiger partial charge in [-0.25, -0.2) is 4.98 Å². The third kappa shape index (κ3) is 6.66. The lowest BCUT2D eigenvalue weighted by molar-refractivity contribution is 1.16. The Kier molecular flexibility index (Phi) is 9.49. The fraction of sp³-hybridized carbons (Fsp3) is 0. The van der Waals surface area contributed by atoms with Gasteiger partial charge < -0.3 is 9.55 Å². The molecule has 284 valence electrons. The second-order valence-corrected chi connectivity index (χ2v) is 14.8. The monoisotopic (exact) mass is 768 g/mol. The first-order valence-electron chi connectivity index (χ1n) is 20.1. The Morgan fingerprint density at radius 2 is 1.17 bits per heavy atom. The van der Waals surface area contributed by atoms with Gasteiger partial charge in [0.1, 0.15) is 0 Å². The number of para-hydroxylation sites is 1. The SMILES string of the molecule is C=C/C=C(\C=C)c1ccccc1.c1ccc(-c2cc(-n3c4cc(-c5ccc6[nH]c7ccccc7c6c5)ccc4c4c5ncccc5ccc43)cc(-c3ccccc3)n2)cc1. The van der Waals surface area contributed by atoms with Crippen molar-refractivity contribution in [3.05, 3.63) is 231 Å². The van der Waals surface area contributed by atoms with Crippen LogP contribution >= 0.6 is 0 Å². The van der Waals surface area contributed by atoms with Crippen LogP contribution in [0.5, 0.6) is 0 Å². The summed E-state index contributed by atoms with van der Waals surface area (Å²) in [5, 5.41) is 5.92. The molecule has 0 amide bonds. The van der Waals surface area contributed by atoms with Crippen LogP contribution in [0.1, 0.15) is 5.56 Å². The predicted molar refractivity (Wildman–Crippen MR) is 254 cm³/mol. The molecular weight excluding hydrogens is 729 g/mol. The van der Waals surface area contributed by atoms with Crippen LogP contribution in [0.15, 0.2) is 226 Å². The van der Waals surface area contributed by atoms with E-state index in [2.05, 4.69) is 174 Å². The molecular formula is C56H40N4. The lowest BCUT2D eigenvalue weighted by atomic mass is 10.0. The molecule has 0 radical (unpaired) electrons. The van der Waals surface area contributed by atoms with Crippen LogP contribution in [0.25, 0.3) is 99.4 Å². The maximum Gasteiger partial charge on any atom is 0.0802 e. The molecule has 7 aromatic carbocycles. The van der Waals surface area contributed by atoms with Gasteiger partial charge >= 0.3 is 0 Å². The minimum absolute atomic E-state index is 0.932. The van der Waals surface area contributed by atoms with Crippen LogP contribution in [-0.2, 0) is 0 Å². The molecule has 0 saturated carbocycles. The van der Waals surface area contributed by atoms with E-state index in [1.807, 2.05) is 54.7 Å². The summed E-state index contributed by atoms with van der Waals surface area (Å²) in [4.78, 5) is 13.7. The molecule has 4 heteroatoms. The minimum Gasteiger partial charge on any atom is -0.355 e. The number of rotatable bonds is 7. The van der Waals surface area contributed by atoms with Crippen molar-refractivity contribution in [2.24, 2.45) is 0 Å². The number of aromatic nitrogens is 4. The summed E-state index contributed by atoms with van der Waals surface area (Å²) in [7, 11) is 0. The highest BCUT2D eigenvalue weighted by Crippen LogP contribution is 2.40. The Labute approximate surface area is 348 Å². The third-order valence-corrected chi connectivity index (χ3v) is 11.2. The first kappa shape index (κ1) is 36.3. The zero-order valence-corrected chi connectivity index (χ0v) is 33.0. The molecule has 0 atom stereocenters. The Hall–Kier alpha value is -8.08. The molecule has 0 saturated heterocycles. The summed E-state index contributed by atoms with van der Waals surface area (Å²) >= 11 is 0. The molecule has 0 fully saturated rings. The summed E-state index contributed by atoms with van der Waals surface area (Å²) in [5.41, 5.74) is 15.3. The van der Waals surface area contributed by atoms with Crippen molar-refractivity contribution in [1.29, 1.82) is 0 Å². The lowest BCUT2D eigenvalue weighted by Crippen LogP contribution is -1.98. The van der Waals surface area contributed by atoms with Gasteiger partial charge in [0.25, 0.3) is 0 Å². The molecule has 0 aliphatic rings. The summed E-state index contributed by atoms with van der Waals surface area (Å²) in [6, 6.07) is 66.1. The number of pyridine rings is 2. The Bertz CT molecular complexity index is 3330. The fourth-order valence-corrected chi connectivity index (χ4v) is 8.33. The van der Waals surface area contributed by atoms with Gasteiger partial charge in [0, 0.05) is 55.3 Å². The highest BCUT2D eigenvalue weighted by Gasteiger charge is 2.19. The van der Waals surface area contributed by atoms with Gasteiger partial charge in [-0.2, -0.15) is 0 Å². The van der Waals surface area contributed by atoms with Gasteiger partial charge in [0.15, 0.2) is 0 Å². The number of allylic oxidation sites excluding steroid dienone is 4. The topological polar surface area (TPSA) is 46.5 Å². The Morgan fingerprint density at radius 1 is 0.517 bits per heavy atom. The van der Waals surface area contributed by atoms with Crippen LogP contribution in [-0.4, -0.2) is 19.5 Å². The molecule has 4 aromatic heterocycles. The van der Waals surface area contributed by atoms with Crippen molar-refractivity contribution in [3.8, 4) is 39.3 Å². The van der Waals surface area contributed by atoms with Gasteiger partial charge in [-0.1, -0.05) is 171 Å². The molecule has 60 heavy (non-hydrogen) atoms. The van der Waals surface area contributed by atoms with Crippen molar-refractivity contribution < 1.29 is 0 Å². The normalized spacial score (nSPS) is 11.6. The maximum atomic E-state index is 5.18. The number of H-pyrrole nitrogens is 1. The Balaban J connectivity index is 0.000000314. The van der Waals surface area contributed by atoms with E-state index in [4.69, 9.17) is 9.97 Å². The van der Waals surface area contributed by atoms with Crippen molar-refractivity contribution >= 4 is 60.1 Å². The van der Waals surface area contributed by atoms with E-state index in [0.717, 1.165) is 77.7 Å². The molecule has 11 rings (SSSR count). The van der Waals surface area contributed by atoms with Crippen LogP contribution in [0.2, 0.25) is 0 Å². The Morgan fingerprint density at radius 3 is 1.88 bits per heavy atom. The number of hydrogen-bond donors (Lipinski definition) is 1. The van der Waals surface area contributed by atoms with Crippen LogP contribution in [0.4, 0.5) is 0 Å². The van der Waals surface area contributed by atoms with E-state index in [1.54, 1.807) is 6.08 Å². The maximum absolute atomic E-state index is 5.18. The predicted octanol–water partition coefficient (Wildman–Crippen LogP) is 14.8. The molecule has 0 unspecified atom stereocenters. The molecule has 11 aromatic rings. The van der Waals surface area contributed by atoms with Crippen molar-refractivity contribution in [3.63, 3.8) is 0 Å². The van der Waals surface area contributed by atoms with E-state index in [-0.39, 0.29) is 0 Å². The van der Waals surface area contributed by atoms with Crippen molar-refractivity contribution in [2.75, 3.05) is 0 Å². The molecule has 1 N–H and O–H groups in total. The van der Waals surface area contributed by atoms with Crippen molar-refractivity contribution in [2.45, 2.75) is 0 Å². The number of nitrogens with zero attached hydrogens (tertiary/aromatic N) is 3. The zero-order chi connectivity index (χ0) is 40.4. The third-order valence-electron chi connectivity index (χ3n) is 11.2. The summed E-state index contributed by atoms with van der Waals surface area (Å²) < 4.78 is 2.40. The van der Waals surface area contributed by atoms with Crippen molar-refractivity contribution in [1.82, 2.24) is 19.5 Å². The average molecular weight is 769 g/mol. The standard InChI is InChI=1S/C44H28N4.C12H12/c1-3-10-28(11-4-1)39-26-33(27-40(47-39)29-12-5-2-6-13-29)48-41-22-19-30-14-9-23-45-44(30)43(41)35-20-17-32(25-42(35)48)31-18-21-38-36(24-31)34-15-7-8-16-37(34)46-38;1-3-8-11(4-2)12-9-6-5-7-10-12/h1-27,46H;3-10H,1-2H2/b;11-8+. The van der Waals surface area contributed by atoms with E-state index < -0.39 is 0 Å². The van der Waals surface area contributed by atoms with Crippen LogP contribution in [0.3, 0.4) is 0 Å². The van der Waals surface area contributed by atoms with Gasteiger partial charge in [0.05, 0.1) is 33.6 Å². The first-order valence-corrected chi connectivity index (χ1v) is 20.1. The van der Waals surface area contributed by atoms with E-state index >= 15 is 0 Å². The zero-order valence-electron chi connectivity index (χ0n) is 33.0. The van der Waals surface area contributed by atoms with Crippen LogP contribution in [0, 0.1) is 0 Å². The second kappa shape index (κ2) is 15.7. The molecule has 0 aliphatic heterocycles. The summed E-state index contributed by atoms with van der Waals surface area (Å²) in [5.74, 6) is 0. The van der Waals surface area contributed by atoms with Gasteiger partial charge in [-0.05, 0) is 70.8 Å². The van der Waals surface area contributed by atoms with Gasteiger partial charge in [-0.3, -0.25) is 4.98 Å². The molecule has 4 nitrogen and oxygen atoms in total. The van der Waals surface area contributed by atoms with Gasteiger partial charge in [-0.15, -0.1) is 0 Å². The molecule has 0 spiro atoms. The van der Waals surface area contributed by atoms with E-state index in [1.165, 1.54) is 27.3 Å². The quantitative estimate of drug-likeness (QED) is 0.164. The molecule has 0 aliphatic carbocycles. The minimum atomic E-state index is 0.932. The largest absolute Gasteiger partial charge is 0.355 e. The average Bonchev–Trinajstić information content (AvgIpc) is 3.87. The number of fused-ring (bicyclic) bond motifs is 8. The molecule has 0 bridgehead atoms. The second-order valence-electron chi connectivity index (χ2n) is 14.8. The van der Waals surface area contributed by atoms with Gasteiger partial charge in [0.2, 0.25) is 0 Å². The van der Waals surface area contributed by atoms with Crippen LogP contribution < -0.4 is 0 Å². The number of nitrogens with one attached hydrogen (secondary N) is 1.